The molecular weight excluding hydrogens is 470 g/mol. The minimum atomic E-state index is -1.84. The Bertz CT molecular complexity index is 1240. The van der Waals surface area contributed by atoms with Gasteiger partial charge < -0.3 is 24.8 Å². The van der Waals surface area contributed by atoms with Crippen LogP contribution in [-0.2, 0) is 4.74 Å². The quantitative estimate of drug-likeness (QED) is 0.616. The Morgan fingerprint density at radius 3 is 2.43 bits per heavy atom. The van der Waals surface area contributed by atoms with E-state index in [4.69, 9.17) is 19.9 Å². The molecule has 1 amide bonds. The van der Waals surface area contributed by atoms with E-state index in [1.807, 2.05) is 20.8 Å². The van der Waals surface area contributed by atoms with E-state index in [2.05, 4.69) is 18.2 Å². The summed E-state index contributed by atoms with van der Waals surface area (Å²) in [5, 5.41) is 30.6. The third kappa shape index (κ3) is 5.20. The first kappa shape index (κ1) is 27.4. The van der Waals surface area contributed by atoms with Gasteiger partial charge in [-0.25, -0.2) is 4.79 Å². The fourth-order valence-corrected chi connectivity index (χ4v) is 4.87. The van der Waals surface area contributed by atoms with E-state index in [0.717, 1.165) is 0 Å². The van der Waals surface area contributed by atoms with Crippen LogP contribution in [0.2, 0.25) is 0 Å². The van der Waals surface area contributed by atoms with E-state index < -0.39 is 28.9 Å². The molecule has 0 spiro atoms. The molecule has 0 radical (unpaired) electrons. The van der Waals surface area contributed by atoms with Gasteiger partial charge in [0.2, 0.25) is 0 Å². The average Bonchev–Trinajstić information content (AvgIpc) is 2.83. The lowest BCUT2D eigenvalue weighted by molar-refractivity contribution is 0.0224. The molecule has 1 aliphatic carbocycles. The number of rotatable bonds is 5. The standard InChI is InChI=1S/C28H33N5O4/c1-7-35-23-12-18(8-9-22(23)36-17(2)3)24-21-14-33(26(34)37-27(4,5)6)11-10-19(21)20(13-29)25(32)28(24,15-30)16-31/h8-10,12,17,21,24H,7,11,14,32H2,1-6H3/t21-,24-/m1/s1. The smallest absolute Gasteiger partial charge is 0.410 e. The van der Waals surface area contributed by atoms with Crippen LogP contribution in [0.25, 0.3) is 0 Å². The normalized spacial score (nSPS) is 20.6. The largest absolute Gasteiger partial charge is 0.490 e. The maximum Gasteiger partial charge on any atom is 0.410 e. The minimum absolute atomic E-state index is 0.0846. The second-order valence-electron chi connectivity index (χ2n) is 10.4. The highest BCUT2D eigenvalue weighted by molar-refractivity contribution is 5.70. The lowest BCUT2D eigenvalue weighted by atomic mass is 9.58. The summed E-state index contributed by atoms with van der Waals surface area (Å²) in [6.07, 6.45) is 1.15. The van der Waals surface area contributed by atoms with Crippen LogP contribution in [-0.4, -0.2) is 42.4 Å². The van der Waals surface area contributed by atoms with Crippen LogP contribution < -0.4 is 15.2 Å². The molecule has 37 heavy (non-hydrogen) atoms. The summed E-state index contributed by atoms with van der Waals surface area (Å²) >= 11 is 0. The second kappa shape index (κ2) is 10.4. The minimum Gasteiger partial charge on any atom is -0.490 e. The summed E-state index contributed by atoms with van der Waals surface area (Å²) < 4.78 is 17.3. The highest BCUT2D eigenvalue weighted by atomic mass is 16.6. The number of ether oxygens (including phenoxy) is 3. The molecule has 1 heterocycles. The average molecular weight is 504 g/mol. The van der Waals surface area contributed by atoms with E-state index >= 15 is 0 Å². The fraction of sp³-hybridized carbons (Fsp3) is 0.500. The molecule has 1 aromatic carbocycles. The first-order valence-corrected chi connectivity index (χ1v) is 12.3. The molecule has 0 saturated heterocycles. The van der Waals surface area contributed by atoms with E-state index in [1.54, 1.807) is 45.0 Å². The van der Waals surface area contributed by atoms with Crippen LogP contribution in [0.1, 0.15) is 53.0 Å². The SMILES string of the molecule is CCOc1cc([C@@H]2[C@@H]3CN(C(=O)OC(C)(C)C)CC=C3C(C#N)=C(N)C2(C#N)C#N)ccc1OC(C)C. The lowest BCUT2D eigenvalue weighted by Crippen LogP contribution is -2.50. The predicted molar refractivity (Wildman–Crippen MR) is 136 cm³/mol. The van der Waals surface area contributed by atoms with Crippen molar-refractivity contribution in [3.8, 4) is 29.7 Å². The van der Waals surface area contributed by atoms with E-state index in [-0.39, 0.29) is 30.5 Å². The third-order valence-electron chi connectivity index (χ3n) is 6.31. The maximum atomic E-state index is 12.9. The van der Waals surface area contributed by atoms with Crippen LogP contribution in [0.4, 0.5) is 4.79 Å². The number of nitrogens with zero attached hydrogens (tertiary/aromatic N) is 4. The van der Waals surface area contributed by atoms with Gasteiger partial charge in [0.15, 0.2) is 16.9 Å². The summed E-state index contributed by atoms with van der Waals surface area (Å²) in [5.41, 5.74) is 5.13. The molecule has 1 aromatic rings. The van der Waals surface area contributed by atoms with Gasteiger partial charge >= 0.3 is 6.09 Å². The zero-order valence-electron chi connectivity index (χ0n) is 22.2. The van der Waals surface area contributed by atoms with Crippen molar-refractivity contribution in [3.63, 3.8) is 0 Å². The van der Waals surface area contributed by atoms with Crippen molar-refractivity contribution in [1.29, 1.82) is 15.8 Å². The summed E-state index contributed by atoms with van der Waals surface area (Å²) in [6.45, 7) is 11.7. The van der Waals surface area contributed by atoms with Crippen LogP contribution >= 0.6 is 0 Å². The highest BCUT2D eigenvalue weighted by Crippen LogP contribution is 2.55. The molecule has 0 unspecified atom stereocenters. The van der Waals surface area contributed by atoms with Gasteiger partial charge in [0.05, 0.1) is 36.1 Å². The molecular formula is C28H33N5O4. The van der Waals surface area contributed by atoms with E-state index in [1.165, 1.54) is 4.90 Å². The molecule has 2 aliphatic rings. The summed E-state index contributed by atoms with van der Waals surface area (Å²) in [5.74, 6) is -0.346. The molecule has 0 bridgehead atoms. The molecule has 2 N–H and O–H groups in total. The van der Waals surface area contributed by atoms with E-state index in [9.17, 15) is 20.6 Å². The third-order valence-corrected chi connectivity index (χ3v) is 6.31. The number of carbonyl (C=O) groups excluding carboxylic acids is 1. The number of hydrogen-bond acceptors (Lipinski definition) is 8. The molecule has 1 aliphatic heterocycles. The Morgan fingerprint density at radius 1 is 1.22 bits per heavy atom. The topological polar surface area (TPSA) is 145 Å². The Balaban J connectivity index is 2.22. The maximum absolute atomic E-state index is 12.9. The number of nitrogens with two attached hydrogens (primary N) is 1. The van der Waals surface area contributed by atoms with Gasteiger partial charge in [-0.15, -0.1) is 0 Å². The first-order chi connectivity index (χ1) is 17.4. The van der Waals surface area contributed by atoms with Gasteiger partial charge in [0.25, 0.3) is 0 Å². The molecule has 0 fully saturated rings. The van der Waals surface area contributed by atoms with Crippen molar-refractivity contribution in [2.45, 2.75) is 59.2 Å². The van der Waals surface area contributed by atoms with Gasteiger partial charge in [-0.05, 0) is 64.8 Å². The Labute approximate surface area is 218 Å². The molecule has 3 rings (SSSR count). The van der Waals surface area contributed by atoms with Gasteiger partial charge in [0.1, 0.15) is 11.7 Å². The Morgan fingerprint density at radius 2 is 1.89 bits per heavy atom. The van der Waals surface area contributed by atoms with Crippen LogP contribution in [0.5, 0.6) is 11.5 Å². The Kier molecular flexibility index (Phi) is 7.74. The van der Waals surface area contributed by atoms with E-state index in [0.29, 0.717) is 29.2 Å². The van der Waals surface area contributed by atoms with Crippen molar-refractivity contribution >= 4 is 6.09 Å². The van der Waals surface area contributed by atoms with Gasteiger partial charge in [-0.2, -0.15) is 15.8 Å². The fourth-order valence-electron chi connectivity index (χ4n) is 4.87. The van der Waals surface area contributed by atoms with Gasteiger partial charge in [0, 0.05) is 24.9 Å². The van der Waals surface area contributed by atoms with Gasteiger partial charge in [-0.1, -0.05) is 12.1 Å². The summed E-state index contributed by atoms with van der Waals surface area (Å²) in [7, 11) is 0. The van der Waals surface area contributed by atoms with Crippen LogP contribution in [0.15, 0.2) is 41.1 Å². The molecule has 9 heteroatoms. The number of benzene rings is 1. The van der Waals surface area contributed by atoms with Crippen molar-refractivity contribution in [3.05, 3.63) is 46.7 Å². The number of allylic oxidation sites excluding steroid dienone is 2. The Hall–Kier alpha value is -4.16. The van der Waals surface area contributed by atoms with Crippen LogP contribution in [0.3, 0.4) is 0 Å². The summed E-state index contributed by atoms with van der Waals surface area (Å²) in [4.78, 5) is 14.5. The second-order valence-corrected chi connectivity index (χ2v) is 10.4. The van der Waals surface area contributed by atoms with Gasteiger partial charge in [-0.3, -0.25) is 0 Å². The summed E-state index contributed by atoms with van der Waals surface area (Å²) in [6, 6.07) is 11.6. The predicted octanol–water partition coefficient (Wildman–Crippen LogP) is 4.53. The lowest BCUT2D eigenvalue weighted by Gasteiger charge is -2.45. The zero-order valence-corrected chi connectivity index (χ0v) is 22.2. The van der Waals surface area contributed by atoms with Crippen LogP contribution in [0, 0.1) is 45.3 Å². The molecule has 9 nitrogen and oxygen atoms in total. The van der Waals surface area contributed by atoms with Crippen molar-refractivity contribution < 1.29 is 19.0 Å². The molecule has 0 aromatic heterocycles. The number of hydrogen-bond donors (Lipinski definition) is 1. The first-order valence-electron chi connectivity index (χ1n) is 12.3. The number of carbonyl (C=O) groups is 1. The molecule has 0 saturated carbocycles. The number of amides is 1. The molecule has 194 valence electrons. The zero-order chi connectivity index (χ0) is 27.5. The monoisotopic (exact) mass is 503 g/mol. The number of nitriles is 3. The van der Waals surface area contributed by atoms with Crippen molar-refractivity contribution in [2.24, 2.45) is 17.1 Å². The van der Waals surface area contributed by atoms with Crippen molar-refractivity contribution in [2.75, 3.05) is 19.7 Å². The van der Waals surface area contributed by atoms with Crippen molar-refractivity contribution in [1.82, 2.24) is 4.90 Å². The molecule has 2 atom stereocenters. The number of fused-ring (bicyclic) bond motifs is 1. The highest BCUT2D eigenvalue weighted by Gasteiger charge is 2.55.